The molecule has 0 atom stereocenters. The number of hydrogen-bond acceptors (Lipinski definition) is 2. The Kier molecular flexibility index (Phi) is 6.73. The van der Waals surface area contributed by atoms with Crippen molar-refractivity contribution in [1.29, 1.82) is 0 Å². The molecule has 0 spiro atoms. The van der Waals surface area contributed by atoms with Crippen LogP contribution in [0.3, 0.4) is 0 Å². The fourth-order valence-corrected chi connectivity index (χ4v) is 2.19. The van der Waals surface area contributed by atoms with E-state index in [1.54, 1.807) is 18.2 Å². The van der Waals surface area contributed by atoms with Crippen molar-refractivity contribution in [2.24, 2.45) is 0 Å². The molecule has 19 heavy (non-hydrogen) atoms. The van der Waals surface area contributed by atoms with Gasteiger partial charge >= 0.3 is 5.97 Å². The highest BCUT2D eigenvalue weighted by Gasteiger charge is 2.09. The largest absolute Gasteiger partial charge is 0.481 e. The lowest BCUT2D eigenvalue weighted by Crippen LogP contribution is -2.25. The first-order valence-corrected chi connectivity index (χ1v) is 6.81. The van der Waals surface area contributed by atoms with Crippen molar-refractivity contribution < 1.29 is 14.3 Å². The van der Waals surface area contributed by atoms with E-state index in [9.17, 15) is 9.18 Å². The Balaban J connectivity index is 2.63. The molecule has 0 aromatic heterocycles. The lowest BCUT2D eigenvalue weighted by atomic mass is 10.2. The summed E-state index contributed by atoms with van der Waals surface area (Å²) in [5, 5.41) is 8.62. The Morgan fingerprint density at radius 2 is 2.26 bits per heavy atom. The van der Waals surface area contributed by atoms with Gasteiger partial charge in [-0.3, -0.25) is 9.69 Å². The van der Waals surface area contributed by atoms with E-state index >= 15 is 0 Å². The third-order valence-electron chi connectivity index (χ3n) is 2.65. The number of carboxylic acid groups (broad SMARTS) is 1. The quantitative estimate of drug-likeness (QED) is 0.743. The number of aliphatic carboxylic acids is 1. The predicted octanol–water partition coefficient (Wildman–Crippen LogP) is 3.44. The fourth-order valence-electron chi connectivity index (χ4n) is 1.78. The second-order valence-electron chi connectivity index (χ2n) is 4.26. The zero-order valence-electron chi connectivity index (χ0n) is 10.6. The van der Waals surface area contributed by atoms with E-state index in [0.717, 1.165) is 4.47 Å². The maximum atomic E-state index is 13.7. The van der Waals surface area contributed by atoms with E-state index in [1.165, 1.54) is 6.07 Å². The lowest BCUT2D eigenvalue weighted by molar-refractivity contribution is -0.137. The fraction of sp³-hybridized carbons (Fsp3) is 0.357. The highest BCUT2D eigenvalue weighted by atomic mass is 79.9. The van der Waals surface area contributed by atoms with Gasteiger partial charge in [-0.05, 0) is 31.2 Å². The number of halogens is 2. The van der Waals surface area contributed by atoms with Crippen LogP contribution >= 0.6 is 15.9 Å². The van der Waals surface area contributed by atoms with Crippen molar-refractivity contribution >= 4 is 21.9 Å². The molecular weight excluding hydrogens is 313 g/mol. The third kappa shape index (κ3) is 5.98. The van der Waals surface area contributed by atoms with Gasteiger partial charge in [-0.15, -0.1) is 6.58 Å². The monoisotopic (exact) mass is 329 g/mol. The molecule has 0 aliphatic carbocycles. The zero-order chi connectivity index (χ0) is 14.3. The van der Waals surface area contributed by atoms with Crippen LogP contribution in [0.15, 0.2) is 35.3 Å². The minimum Gasteiger partial charge on any atom is -0.481 e. The van der Waals surface area contributed by atoms with Crippen molar-refractivity contribution in [3.05, 3.63) is 46.7 Å². The molecule has 0 amide bonds. The maximum Gasteiger partial charge on any atom is 0.303 e. The Bertz CT molecular complexity index is 451. The Labute approximate surface area is 120 Å². The predicted molar refractivity (Wildman–Crippen MR) is 76.4 cm³/mol. The number of rotatable bonds is 8. The number of carbonyl (C=O) groups is 1. The van der Waals surface area contributed by atoms with Gasteiger partial charge in [-0.1, -0.05) is 22.0 Å². The molecule has 5 heteroatoms. The summed E-state index contributed by atoms with van der Waals surface area (Å²) in [5.74, 6) is -1.07. The Hall–Kier alpha value is -1.20. The Morgan fingerprint density at radius 3 is 2.89 bits per heavy atom. The van der Waals surface area contributed by atoms with Gasteiger partial charge in [0.25, 0.3) is 0 Å². The molecule has 0 unspecified atom stereocenters. The topological polar surface area (TPSA) is 40.5 Å². The summed E-state index contributed by atoms with van der Waals surface area (Å²) in [6, 6.07) is 4.81. The van der Waals surface area contributed by atoms with Gasteiger partial charge in [0.05, 0.1) is 0 Å². The molecule has 1 aromatic rings. The summed E-state index contributed by atoms with van der Waals surface area (Å²) in [4.78, 5) is 12.5. The number of hydrogen-bond donors (Lipinski definition) is 1. The van der Waals surface area contributed by atoms with Crippen molar-refractivity contribution in [3.8, 4) is 0 Å². The third-order valence-corrected chi connectivity index (χ3v) is 3.15. The highest BCUT2D eigenvalue weighted by molar-refractivity contribution is 9.10. The maximum absolute atomic E-state index is 13.7. The molecule has 0 bridgehead atoms. The van der Waals surface area contributed by atoms with Gasteiger partial charge in [0.1, 0.15) is 5.82 Å². The average molecular weight is 330 g/mol. The number of benzene rings is 1. The van der Waals surface area contributed by atoms with E-state index in [2.05, 4.69) is 22.5 Å². The van der Waals surface area contributed by atoms with Crippen LogP contribution < -0.4 is 0 Å². The van der Waals surface area contributed by atoms with Crippen molar-refractivity contribution in [3.63, 3.8) is 0 Å². The van der Waals surface area contributed by atoms with E-state index in [4.69, 9.17) is 5.11 Å². The molecule has 0 aliphatic heterocycles. The molecule has 1 aromatic carbocycles. The number of carboxylic acids is 1. The van der Waals surface area contributed by atoms with Gasteiger partial charge in [-0.2, -0.15) is 0 Å². The minimum absolute atomic E-state index is 0.120. The summed E-state index contributed by atoms with van der Waals surface area (Å²) >= 11 is 3.31. The van der Waals surface area contributed by atoms with Crippen LogP contribution in [-0.2, 0) is 11.3 Å². The normalized spacial score (nSPS) is 10.7. The zero-order valence-corrected chi connectivity index (χ0v) is 12.2. The first kappa shape index (κ1) is 15.9. The summed E-state index contributed by atoms with van der Waals surface area (Å²) in [6.07, 6.45) is 2.39. The van der Waals surface area contributed by atoms with E-state index < -0.39 is 5.97 Å². The van der Waals surface area contributed by atoms with E-state index in [0.29, 0.717) is 31.6 Å². The van der Waals surface area contributed by atoms with E-state index in [-0.39, 0.29) is 12.2 Å². The van der Waals surface area contributed by atoms with Crippen LogP contribution in [0.5, 0.6) is 0 Å². The van der Waals surface area contributed by atoms with Gasteiger partial charge in [0.2, 0.25) is 0 Å². The smallest absolute Gasteiger partial charge is 0.303 e. The highest BCUT2D eigenvalue weighted by Crippen LogP contribution is 2.17. The summed E-state index contributed by atoms with van der Waals surface area (Å²) in [5.41, 5.74) is 0.589. The summed E-state index contributed by atoms with van der Waals surface area (Å²) < 4.78 is 14.5. The van der Waals surface area contributed by atoms with Crippen LogP contribution in [-0.4, -0.2) is 29.1 Å². The van der Waals surface area contributed by atoms with Crippen LogP contribution in [0.4, 0.5) is 4.39 Å². The van der Waals surface area contributed by atoms with Crippen molar-refractivity contribution in [1.82, 2.24) is 4.90 Å². The Morgan fingerprint density at radius 1 is 1.53 bits per heavy atom. The molecule has 3 nitrogen and oxygen atoms in total. The van der Waals surface area contributed by atoms with Crippen molar-refractivity contribution in [2.75, 3.05) is 13.1 Å². The van der Waals surface area contributed by atoms with Crippen molar-refractivity contribution in [2.45, 2.75) is 19.4 Å². The molecule has 0 saturated heterocycles. The SMILES string of the molecule is C=CCN(CCCC(=O)O)Cc1cc(Br)ccc1F. The molecule has 1 N–H and O–H groups in total. The van der Waals surface area contributed by atoms with E-state index in [1.807, 2.05) is 4.90 Å². The van der Waals surface area contributed by atoms with Gasteiger partial charge in [0.15, 0.2) is 0 Å². The van der Waals surface area contributed by atoms with Gasteiger partial charge in [-0.25, -0.2) is 4.39 Å². The number of nitrogens with zero attached hydrogens (tertiary/aromatic N) is 1. The average Bonchev–Trinajstić information content (AvgIpc) is 2.33. The molecule has 0 radical (unpaired) electrons. The van der Waals surface area contributed by atoms with Crippen LogP contribution in [0.1, 0.15) is 18.4 Å². The minimum atomic E-state index is -0.813. The second-order valence-corrected chi connectivity index (χ2v) is 5.17. The molecule has 0 heterocycles. The van der Waals surface area contributed by atoms with Gasteiger partial charge < -0.3 is 5.11 Å². The van der Waals surface area contributed by atoms with Crippen LogP contribution in [0, 0.1) is 5.82 Å². The standard InChI is InChI=1S/C14H17BrFNO2/c1-2-7-17(8-3-4-14(18)19)10-11-9-12(15)5-6-13(11)16/h2,5-6,9H,1,3-4,7-8,10H2,(H,18,19). The molecule has 104 valence electrons. The van der Waals surface area contributed by atoms with Crippen LogP contribution in [0.2, 0.25) is 0 Å². The molecule has 0 saturated carbocycles. The second kappa shape index (κ2) is 8.07. The molecule has 1 rings (SSSR count). The lowest BCUT2D eigenvalue weighted by Gasteiger charge is -2.20. The molecule has 0 fully saturated rings. The first-order valence-electron chi connectivity index (χ1n) is 6.02. The van der Waals surface area contributed by atoms with Gasteiger partial charge in [0, 0.05) is 29.5 Å². The van der Waals surface area contributed by atoms with Crippen LogP contribution in [0.25, 0.3) is 0 Å². The summed E-state index contributed by atoms with van der Waals surface area (Å²) in [7, 11) is 0. The molecule has 0 aliphatic rings. The first-order chi connectivity index (χ1) is 9.02. The molecular formula is C14H17BrFNO2. The summed E-state index contributed by atoms with van der Waals surface area (Å²) in [6.45, 7) is 5.31.